The highest BCUT2D eigenvalue weighted by atomic mass is 16.6. The summed E-state index contributed by atoms with van der Waals surface area (Å²) >= 11 is 0. The quantitative estimate of drug-likeness (QED) is 0.804. The van der Waals surface area contributed by atoms with E-state index >= 15 is 0 Å². The molecule has 3 heterocycles. The first kappa shape index (κ1) is 17.8. The minimum Gasteiger partial charge on any atom is -0.486 e. The standard InChI is InChI=1S/C19H25N5O3/c1-15-21-20-14-24(15)11-9-22-6-3-7-23(10-8-22)19(25)16-4-2-5-17-18(16)27-13-12-26-17/h2,4-5,14H,3,6-13H2,1H3. The van der Waals surface area contributed by atoms with Gasteiger partial charge in [0.1, 0.15) is 25.4 Å². The van der Waals surface area contributed by atoms with Gasteiger partial charge in [0.05, 0.1) is 5.56 Å². The van der Waals surface area contributed by atoms with Crippen LogP contribution < -0.4 is 9.47 Å². The van der Waals surface area contributed by atoms with Crippen molar-refractivity contribution < 1.29 is 14.3 Å². The van der Waals surface area contributed by atoms with E-state index in [9.17, 15) is 4.79 Å². The average Bonchev–Trinajstić information content (AvgIpc) is 2.97. The number of rotatable bonds is 4. The van der Waals surface area contributed by atoms with E-state index < -0.39 is 0 Å². The number of hydrogen-bond donors (Lipinski definition) is 0. The number of para-hydroxylation sites is 1. The molecule has 8 nitrogen and oxygen atoms in total. The Kier molecular flexibility index (Phi) is 5.24. The molecule has 0 bridgehead atoms. The second-order valence-corrected chi connectivity index (χ2v) is 6.89. The van der Waals surface area contributed by atoms with Crippen LogP contribution in [0.2, 0.25) is 0 Å². The van der Waals surface area contributed by atoms with Gasteiger partial charge in [0.2, 0.25) is 0 Å². The van der Waals surface area contributed by atoms with E-state index in [4.69, 9.17) is 9.47 Å². The third-order valence-corrected chi connectivity index (χ3v) is 5.14. The number of ether oxygens (including phenoxy) is 2. The minimum absolute atomic E-state index is 0.0221. The van der Waals surface area contributed by atoms with Crippen molar-refractivity contribution in [3.8, 4) is 11.5 Å². The Hall–Kier alpha value is -2.61. The zero-order chi connectivity index (χ0) is 18.6. The van der Waals surface area contributed by atoms with Crippen molar-refractivity contribution in [1.82, 2.24) is 24.6 Å². The Bertz CT molecular complexity index is 806. The molecule has 0 radical (unpaired) electrons. The summed E-state index contributed by atoms with van der Waals surface area (Å²) in [5, 5.41) is 7.95. The molecular formula is C19H25N5O3. The maximum Gasteiger partial charge on any atom is 0.257 e. The SMILES string of the molecule is Cc1nncn1CCN1CCCN(C(=O)c2cccc3c2OCCO3)CC1. The zero-order valence-electron chi connectivity index (χ0n) is 15.6. The van der Waals surface area contributed by atoms with E-state index in [0.29, 0.717) is 36.8 Å². The Morgan fingerprint density at radius 1 is 1.11 bits per heavy atom. The number of nitrogens with zero attached hydrogens (tertiary/aromatic N) is 5. The number of carbonyl (C=O) groups excluding carboxylic acids is 1. The lowest BCUT2D eigenvalue weighted by Gasteiger charge is -2.25. The molecule has 0 spiro atoms. The molecule has 144 valence electrons. The molecule has 2 aromatic rings. The third-order valence-electron chi connectivity index (χ3n) is 5.14. The molecule has 1 aromatic carbocycles. The molecule has 0 saturated carbocycles. The number of fused-ring (bicyclic) bond motifs is 1. The Morgan fingerprint density at radius 2 is 2.00 bits per heavy atom. The van der Waals surface area contributed by atoms with E-state index in [-0.39, 0.29) is 5.91 Å². The summed E-state index contributed by atoms with van der Waals surface area (Å²) in [4.78, 5) is 17.4. The number of benzene rings is 1. The molecular weight excluding hydrogens is 346 g/mol. The predicted octanol–water partition coefficient (Wildman–Crippen LogP) is 1.21. The molecule has 1 saturated heterocycles. The molecule has 27 heavy (non-hydrogen) atoms. The number of aromatic nitrogens is 3. The molecule has 0 unspecified atom stereocenters. The van der Waals surface area contributed by atoms with Gasteiger partial charge in [-0.05, 0) is 32.0 Å². The van der Waals surface area contributed by atoms with Crippen LogP contribution >= 0.6 is 0 Å². The third kappa shape index (κ3) is 3.90. The molecule has 8 heteroatoms. The van der Waals surface area contributed by atoms with Gasteiger partial charge in [0, 0.05) is 32.7 Å². The summed E-state index contributed by atoms with van der Waals surface area (Å²) in [6.07, 6.45) is 2.73. The Morgan fingerprint density at radius 3 is 2.85 bits per heavy atom. The zero-order valence-corrected chi connectivity index (χ0v) is 15.6. The van der Waals surface area contributed by atoms with Gasteiger partial charge in [-0.3, -0.25) is 9.69 Å². The van der Waals surface area contributed by atoms with Crippen molar-refractivity contribution in [3.05, 3.63) is 35.9 Å². The number of amides is 1. The molecule has 0 aliphatic carbocycles. The maximum atomic E-state index is 13.1. The molecule has 1 amide bonds. The maximum absolute atomic E-state index is 13.1. The van der Waals surface area contributed by atoms with Crippen LogP contribution in [0.15, 0.2) is 24.5 Å². The minimum atomic E-state index is 0.0221. The summed E-state index contributed by atoms with van der Waals surface area (Å²) in [5.74, 6) is 2.19. The molecule has 2 aliphatic rings. The Balaban J connectivity index is 1.38. The summed E-state index contributed by atoms with van der Waals surface area (Å²) < 4.78 is 13.4. The number of carbonyl (C=O) groups is 1. The van der Waals surface area contributed by atoms with Crippen LogP contribution in [0.25, 0.3) is 0 Å². The van der Waals surface area contributed by atoms with E-state index in [1.54, 1.807) is 6.33 Å². The molecule has 2 aliphatic heterocycles. The average molecular weight is 371 g/mol. The van der Waals surface area contributed by atoms with Crippen LogP contribution in [0.1, 0.15) is 22.6 Å². The molecule has 1 fully saturated rings. The van der Waals surface area contributed by atoms with Gasteiger partial charge in [-0.2, -0.15) is 0 Å². The lowest BCUT2D eigenvalue weighted by molar-refractivity contribution is 0.0750. The van der Waals surface area contributed by atoms with E-state index in [0.717, 1.165) is 45.0 Å². The van der Waals surface area contributed by atoms with Gasteiger partial charge in [0.25, 0.3) is 5.91 Å². The summed E-state index contributed by atoms with van der Waals surface area (Å²) in [5.41, 5.74) is 0.598. The van der Waals surface area contributed by atoms with Crippen LogP contribution in [0.5, 0.6) is 11.5 Å². The highest BCUT2D eigenvalue weighted by molar-refractivity contribution is 5.98. The smallest absolute Gasteiger partial charge is 0.257 e. The van der Waals surface area contributed by atoms with Crippen LogP contribution in [0.4, 0.5) is 0 Å². The highest BCUT2D eigenvalue weighted by Gasteiger charge is 2.26. The summed E-state index contributed by atoms with van der Waals surface area (Å²) in [6, 6.07) is 5.53. The second-order valence-electron chi connectivity index (χ2n) is 6.89. The topological polar surface area (TPSA) is 72.7 Å². The molecule has 1 aromatic heterocycles. The van der Waals surface area contributed by atoms with Gasteiger partial charge in [-0.15, -0.1) is 10.2 Å². The highest BCUT2D eigenvalue weighted by Crippen LogP contribution is 2.34. The number of aryl methyl sites for hydroxylation is 1. The van der Waals surface area contributed by atoms with E-state index in [1.807, 2.05) is 30.0 Å². The van der Waals surface area contributed by atoms with Crippen LogP contribution in [-0.4, -0.2) is 76.4 Å². The first-order chi connectivity index (χ1) is 13.2. The predicted molar refractivity (Wildman–Crippen MR) is 99.2 cm³/mol. The lowest BCUT2D eigenvalue weighted by atomic mass is 10.1. The lowest BCUT2D eigenvalue weighted by Crippen LogP contribution is -2.36. The fourth-order valence-corrected chi connectivity index (χ4v) is 3.59. The summed E-state index contributed by atoms with van der Waals surface area (Å²) in [6.45, 7) is 8.07. The fraction of sp³-hybridized carbons (Fsp3) is 0.526. The van der Waals surface area contributed by atoms with Gasteiger partial charge in [-0.1, -0.05) is 6.07 Å². The first-order valence-corrected chi connectivity index (χ1v) is 9.47. The Labute approximate surface area is 158 Å². The van der Waals surface area contributed by atoms with Crippen LogP contribution in [0, 0.1) is 6.92 Å². The molecule has 0 atom stereocenters. The van der Waals surface area contributed by atoms with Gasteiger partial charge in [-0.25, -0.2) is 0 Å². The van der Waals surface area contributed by atoms with Crippen molar-refractivity contribution in [2.75, 3.05) is 45.9 Å². The van der Waals surface area contributed by atoms with E-state index in [1.165, 1.54) is 0 Å². The normalized spacial score (nSPS) is 17.6. The van der Waals surface area contributed by atoms with Crippen LogP contribution in [0.3, 0.4) is 0 Å². The molecule has 0 N–H and O–H groups in total. The van der Waals surface area contributed by atoms with Crippen molar-refractivity contribution in [1.29, 1.82) is 0 Å². The number of hydrogen-bond acceptors (Lipinski definition) is 6. The monoisotopic (exact) mass is 371 g/mol. The second kappa shape index (κ2) is 7.96. The van der Waals surface area contributed by atoms with Gasteiger partial charge in [0.15, 0.2) is 11.5 Å². The van der Waals surface area contributed by atoms with Crippen molar-refractivity contribution in [3.63, 3.8) is 0 Å². The molecule has 4 rings (SSSR count). The first-order valence-electron chi connectivity index (χ1n) is 9.47. The van der Waals surface area contributed by atoms with Crippen molar-refractivity contribution >= 4 is 5.91 Å². The fourth-order valence-electron chi connectivity index (χ4n) is 3.59. The summed E-state index contributed by atoms with van der Waals surface area (Å²) in [7, 11) is 0. The van der Waals surface area contributed by atoms with Crippen molar-refractivity contribution in [2.45, 2.75) is 19.9 Å². The van der Waals surface area contributed by atoms with Crippen LogP contribution in [-0.2, 0) is 6.54 Å². The largest absolute Gasteiger partial charge is 0.486 e. The van der Waals surface area contributed by atoms with Gasteiger partial charge < -0.3 is 18.9 Å². The van der Waals surface area contributed by atoms with Crippen molar-refractivity contribution in [2.24, 2.45) is 0 Å². The van der Waals surface area contributed by atoms with Gasteiger partial charge >= 0.3 is 0 Å². The van der Waals surface area contributed by atoms with E-state index in [2.05, 4.69) is 19.7 Å².